The number of aliphatic hydroxyl groups excluding tert-OH is 1. The third-order valence-electron chi connectivity index (χ3n) is 3.88. The Morgan fingerprint density at radius 1 is 1.21 bits per heavy atom. The Hall–Kier alpha value is -1.96. The second-order valence-corrected chi connectivity index (χ2v) is 5.65. The number of rotatable bonds is 7. The van der Waals surface area contributed by atoms with E-state index in [1.54, 1.807) is 0 Å². The summed E-state index contributed by atoms with van der Waals surface area (Å²) in [5.74, 6) is -1.25. The van der Waals surface area contributed by atoms with Crippen molar-refractivity contribution in [3.05, 3.63) is 35.9 Å². The number of ether oxygens (including phenoxy) is 1. The maximum atomic E-state index is 12.3. The lowest BCUT2D eigenvalue weighted by Gasteiger charge is -2.26. The number of carbonyl (C=O) groups excluding carboxylic acids is 2. The van der Waals surface area contributed by atoms with Crippen molar-refractivity contribution in [3.63, 3.8) is 0 Å². The van der Waals surface area contributed by atoms with Crippen LogP contribution in [-0.4, -0.2) is 79.3 Å². The first kappa shape index (κ1) is 18.4. The minimum absolute atomic E-state index is 0.130. The van der Waals surface area contributed by atoms with Crippen LogP contribution in [0, 0.1) is 0 Å². The van der Waals surface area contributed by atoms with Gasteiger partial charge in [0.25, 0.3) is 0 Å². The van der Waals surface area contributed by atoms with Gasteiger partial charge in [-0.3, -0.25) is 14.5 Å². The van der Waals surface area contributed by atoms with E-state index < -0.39 is 11.8 Å². The van der Waals surface area contributed by atoms with Gasteiger partial charge in [-0.1, -0.05) is 30.3 Å². The third kappa shape index (κ3) is 5.92. The number of amides is 2. The molecule has 0 unspecified atom stereocenters. The van der Waals surface area contributed by atoms with Crippen molar-refractivity contribution >= 4 is 11.8 Å². The second kappa shape index (κ2) is 10.0. The Morgan fingerprint density at radius 3 is 2.58 bits per heavy atom. The molecule has 0 radical (unpaired) electrons. The third-order valence-corrected chi connectivity index (χ3v) is 3.88. The summed E-state index contributed by atoms with van der Waals surface area (Å²) in [5, 5.41) is 11.8. The SMILES string of the molecule is O=C(NCCN1CCOCC1)C(=O)N(CCO)Cc1ccccc1. The lowest BCUT2D eigenvalue weighted by atomic mass is 10.2. The summed E-state index contributed by atoms with van der Waals surface area (Å²) >= 11 is 0. The molecule has 132 valence electrons. The monoisotopic (exact) mass is 335 g/mol. The van der Waals surface area contributed by atoms with Crippen LogP contribution in [0.3, 0.4) is 0 Å². The van der Waals surface area contributed by atoms with Crippen LogP contribution in [0.15, 0.2) is 30.3 Å². The number of benzene rings is 1. The highest BCUT2D eigenvalue weighted by Crippen LogP contribution is 2.04. The first-order valence-corrected chi connectivity index (χ1v) is 8.22. The summed E-state index contributed by atoms with van der Waals surface area (Å²) in [6.07, 6.45) is 0. The van der Waals surface area contributed by atoms with Gasteiger partial charge in [0.15, 0.2) is 0 Å². The standard InChI is InChI=1S/C17H25N3O4/c21-11-8-20(14-15-4-2-1-3-5-15)17(23)16(22)18-6-7-19-9-12-24-13-10-19/h1-5,21H,6-14H2,(H,18,22). The fraction of sp³-hybridized carbons (Fsp3) is 0.529. The molecule has 1 fully saturated rings. The number of hydrogen-bond donors (Lipinski definition) is 2. The summed E-state index contributed by atoms with van der Waals surface area (Å²) in [7, 11) is 0. The topological polar surface area (TPSA) is 82.1 Å². The van der Waals surface area contributed by atoms with Gasteiger partial charge in [0, 0.05) is 39.3 Å². The van der Waals surface area contributed by atoms with Gasteiger partial charge in [0.2, 0.25) is 0 Å². The van der Waals surface area contributed by atoms with E-state index in [9.17, 15) is 9.59 Å². The molecule has 1 aromatic rings. The highest BCUT2D eigenvalue weighted by molar-refractivity contribution is 6.34. The average Bonchev–Trinajstić information content (AvgIpc) is 2.62. The summed E-state index contributed by atoms with van der Waals surface area (Å²) < 4.78 is 5.27. The van der Waals surface area contributed by atoms with Gasteiger partial charge in [-0.05, 0) is 5.56 Å². The average molecular weight is 335 g/mol. The predicted molar refractivity (Wildman–Crippen MR) is 89.2 cm³/mol. The molecule has 1 aromatic carbocycles. The molecule has 0 aromatic heterocycles. The fourth-order valence-corrected chi connectivity index (χ4v) is 2.55. The maximum Gasteiger partial charge on any atom is 0.312 e. The Labute approximate surface area is 142 Å². The van der Waals surface area contributed by atoms with E-state index in [2.05, 4.69) is 10.2 Å². The minimum atomic E-state index is -0.632. The van der Waals surface area contributed by atoms with Crippen molar-refractivity contribution in [2.75, 3.05) is 52.5 Å². The molecule has 0 atom stereocenters. The van der Waals surface area contributed by atoms with Crippen LogP contribution >= 0.6 is 0 Å². The van der Waals surface area contributed by atoms with Crippen molar-refractivity contribution in [2.24, 2.45) is 0 Å². The van der Waals surface area contributed by atoms with Crippen molar-refractivity contribution < 1.29 is 19.4 Å². The van der Waals surface area contributed by atoms with Crippen molar-refractivity contribution in [1.82, 2.24) is 15.1 Å². The molecule has 7 heteroatoms. The molecule has 0 spiro atoms. The molecule has 2 N–H and O–H groups in total. The summed E-state index contributed by atoms with van der Waals surface area (Å²) in [5.41, 5.74) is 0.917. The van der Waals surface area contributed by atoms with Gasteiger partial charge in [0.1, 0.15) is 0 Å². The zero-order chi connectivity index (χ0) is 17.2. The largest absolute Gasteiger partial charge is 0.395 e. The van der Waals surface area contributed by atoms with E-state index in [1.165, 1.54) is 4.90 Å². The molecule has 0 saturated carbocycles. The zero-order valence-electron chi connectivity index (χ0n) is 13.8. The van der Waals surface area contributed by atoms with Crippen LogP contribution in [-0.2, 0) is 20.9 Å². The number of hydrogen-bond acceptors (Lipinski definition) is 5. The van der Waals surface area contributed by atoms with Gasteiger partial charge in [-0.25, -0.2) is 0 Å². The molecule has 24 heavy (non-hydrogen) atoms. The molecular weight excluding hydrogens is 310 g/mol. The molecular formula is C17H25N3O4. The lowest BCUT2D eigenvalue weighted by molar-refractivity contribution is -0.146. The van der Waals surface area contributed by atoms with Crippen molar-refractivity contribution in [2.45, 2.75) is 6.54 Å². The number of nitrogens with one attached hydrogen (secondary N) is 1. The van der Waals surface area contributed by atoms with E-state index in [0.717, 1.165) is 18.7 Å². The highest BCUT2D eigenvalue weighted by atomic mass is 16.5. The number of morpholine rings is 1. The first-order chi connectivity index (χ1) is 11.7. The van der Waals surface area contributed by atoms with Gasteiger partial charge in [0.05, 0.1) is 19.8 Å². The Morgan fingerprint density at radius 2 is 1.92 bits per heavy atom. The van der Waals surface area contributed by atoms with E-state index in [4.69, 9.17) is 9.84 Å². The quantitative estimate of drug-likeness (QED) is 0.654. The fourth-order valence-electron chi connectivity index (χ4n) is 2.55. The summed E-state index contributed by atoms with van der Waals surface area (Å²) in [4.78, 5) is 27.9. The second-order valence-electron chi connectivity index (χ2n) is 5.65. The first-order valence-electron chi connectivity index (χ1n) is 8.22. The van der Waals surface area contributed by atoms with Gasteiger partial charge in [-0.2, -0.15) is 0 Å². The smallest absolute Gasteiger partial charge is 0.312 e. The molecule has 0 aliphatic carbocycles. The minimum Gasteiger partial charge on any atom is -0.395 e. The highest BCUT2D eigenvalue weighted by Gasteiger charge is 2.21. The van der Waals surface area contributed by atoms with Crippen LogP contribution in [0.1, 0.15) is 5.56 Å². The van der Waals surface area contributed by atoms with Crippen LogP contribution < -0.4 is 5.32 Å². The van der Waals surface area contributed by atoms with E-state index >= 15 is 0 Å². The van der Waals surface area contributed by atoms with Crippen molar-refractivity contribution in [1.29, 1.82) is 0 Å². The van der Waals surface area contributed by atoms with Crippen LogP contribution in [0.5, 0.6) is 0 Å². The van der Waals surface area contributed by atoms with E-state index in [0.29, 0.717) is 32.8 Å². The number of carbonyl (C=O) groups is 2. The van der Waals surface area contributed by atoms with Crippen molar-refractivity contribution in [3.8, 4) is 0 Å². The molecule has 1 saturated heterocycles. The Balaban J connectivity index is 1.80. The molecule has 0 bridgehead atoms. The maximum absolute atomic E-state index is 12.3. The molecule has 2 amide bonds. The normalized spacial score (nSPS) is 15.0. The summed E-state index contributed by atoms with van der Waals surface area (Å²) in [6, 6.07) is 9.40. The molecule has 1 heterocycles. The molecule has 1 aliphatic heterocycles. The van der Waals surface area contributed by atoms with Gasteiger partial charge < -0.3 is 20.1 Å². The summed E-state index contributed by atoms with van der Waals surface area (Å²) in [6.45, 7) is 4.46. The van der Waals surface area contributed by atoms with Gasteiger partial charge >= 0.3 is 11.8 Å². The molecule has 7 nitrogen and oxygen atoms in total. The van der Waals surface area contributed by atoms with E-state index in [-0.39, 0.29) is 13.2 Å². The van der Waals surface area contributed by atoms with Crippen LogP contribution in [0.25, 0.3) is 0 Å². The van der Waals surface area contributed by atoms with E-state index in [1.807, 2.05) is 30.3 Å². The lowest BCUT2D eigenvalue weighted by Crippen LogP contribution is -2.46. The van der Waals surface area contributed by atoms with Crippen LogP contribution in [0.2, 0.25) is 0 Å². The zero-order valence-corrected chi connectivity index (χ0v) is 13.8. The molecule has 2 rings (SSSR count). The molecule has 1 aliphatic rings. The number of nitrogens with zero attached hydrogens (tertiary/aromatic N) is 2. The van der Waals surface area contributed by atoms with Gasteiger partial charge in [-0.15, -0.1) is 0 Å². The Bertz CT molecular complexity index is 518. The van der Waals surface area contributed by atoms with Crippen LogP contribution in [0.4, 0.5) is 0 Å². The predicted octanol–water partition coefficient (Wildman–Crippen LogP) is -0.544. The number of aliphatic hydroxyl groups is 1. The Kier molecular flexibility index (Phi) is 7.67.